The largest absolute Gasteiger partial charge is 0.440 e. The monoisotopic (exact) mass is 318 g/mol. The van der Waals surface area contributed by atoms with Gasteiger partial charge in [0.15, 0.2) is 6.29 Å². The highest BCUT2D eigenvalue weighted by Crippen LogP contribution is 2.36. The Bertz CT molecular complexity index is 704. The Kier molecular flexibility index (Phi) is 4.54. The topological polar surface area (TPSA) is 101 Å². The number of amides is 1. The molecule has 4 N–H and O–H groups in total. The van der Waals surface area contributed by atoms with Crippen molar-refractivity contribution in [1.82, 2.24) is 0 Å². The first kappa shape index (κ1) is 15.8. The summed E-state index contributed by atoms with van der Waals surface area (Å²) in [7, 11) is 0. The zero-order chi connectivity index (χ0) is 16.4. The molecule has 1 aromatic carbocycles. The lowest BCUT2D eigenvalue weighted by Crippen LogP contribution is -2.24. The maximum atomic E-state index is 11.8. The van der Waals surface area contributed by atoms with Crippen LogP contribution >= 0.6 is 0 Å². The minimum Gasteiger partial charge on any atom is -0.440 e. The van der Waals surface area contributed by atoms with Gasteiger partial charge in [-0.15, -0.1) is 0 Å². The Labute approximate surface area is 134 Å². The van der Waals surface area contributed by atoms with Crippen LogP contribution in [-0.2, 0) is 9.47 Å². The summed E-state index contributed by atoms with van der Waals surface area (Å²) in [6.07, 6.45) is 3.35. The van der Waals surface area contributed by atoms with Crippen molar-refractivity contribution in [3.63, 3.8) is 0 Å². The van der Waals surface area contributed by atoms with E-state index in [1.54, 1.807) is 6.07 Å². The highest BCUT2D eigenvalue weighted by molar-refractivity contribution is 6.10. The lowest BCUT2D eigenvalue weighted by Gasteiger charge is -2.27. The van der Waals surface area contributed by atoms with E-state index in [9.17, 15) is 4.79 Å². The molecule has 3 rings (SSSR count). The summed E-state index contributed by atoms with van der Waals surface area (Å²) in [4.78, 5) is 11.8. The number of carbonyl (C=O) groups excluding carboxylic acids is 1. The fourth-order valence-electron chi connectivity index (χ4n) is 3.10. The molecule has 2 aromatic rings. The number of nitrogens with two attached hydrogens (primary N) is 2. The summed E-state index contributed by atoms with van der Waals surface area (Å²) in [6, 6.07) is 5.55. The number of fused-ring (bicyclic) bond motifs is 1. The van der Waals surface area contributed by atoms with Crippen LogP contribution in [-0.4, -0.2) is 18.8 Å². The number of nitrogen functional groups attached to an aromatic ring is 1. The standard InChI is InChI=1S/C17H22N2O4/c1-2-11(22-13-8-3-4-9-21-13)10-6-5-7-12-14(10)15(16(18)20)17(19)23-12/h5-7,11,13H,2-4,8-9,19H2,1H3,(H2,18,20). The van der Waals surface area contributed by atoms with Gasteiger partial charge in [0.1, 0.15) is 11.1 Å². The van der Waals surface area contributed by atoms with E-state index < -0.39 is 5.91 Å². The summed E-state index contributed by atoms with van der Waals surface area (Å²) >= 11 is 0. The summed E-state index contributed by atoms with van der Waals surface area (Å²) < 4.78 is 17.3. The summed E-state index contributed by atoms with van der Waals surface area (Å²) in [6.45, 7) is 2.75. The first-order valence-corrected chi connectivity index (χ1v) is 7.99. The maximum Gasteiger partial charge on any atom is 0.254 e. The third-order valence-electron chi connectivity index (χ3n) is 4.19. The minimum atomic E-state index is -0.600. The second-order valence-corrected chi connectivity index (χ2v) is 5.76. The van der Waals surface area contributed by atoms with Crippen molar-refractivity contribution in [3.8, 4) is 0 Å². The van der Waals surface area contributed by atoms with Crippen LogP contribution in [0.4, 0.5) is 5.88 Å². The van der Waals surface area contributed by atoms with Gasteiger partial charge in [-0.2, -0.15) is 0 Å². The first-order chi connectivity index (χ1) is 11.1. The smallest absolute Gasteiger partial charge is 0.254 e. The van der Waals surface area contributed by atoms with Gasteiger partial charge in [-0.25, -0.2) is 0 Å². The van der Waals surface area contributed by atoms with E-state index in [0.29, 0.717) is 11.0 Å². The van der Waals surface area contributed by atoms with Crippen LogP contribution in [0.2, 0.25) is 0 Å². The van der Waals surface area contributed by atoms with E-state index in [4.69, 9.17) is 25.4 Å². The molecule has 2 unspecified atom stereocenters. The molecule has 1 aliphatic rings. The van der Waals surface area contributed by atoms with Gasteiger partial charge in [0, 0.05) is 12.0 Å². The first-order valence-electron chi connectivity index (χ1n) is 7.99. The molecule has 6 heteroatoms. The molecule has 0 aliphatic carbocycles. The van der Waals surface area contributed by atoms with Crippen molar-refractivity contribution in [3.05, 3.63) is 29.3 Å². The molecule has 1 amide bonds. The fraction of sp³-hybridized carbons (Fsp3) is 0.471. The molecular formula is C17H22N2O4. The lowest BCUT2D eigenvalue weighted by atomic mass is 9.99. The van der Waals surface area contributed by atoms with Crippen molar-refractivity contribution < 1.29 is 18.7 Å². The Morgan fingerprint density at radius 1 is 1.43 bits per heavy atom. The van der Waals surface area contributed by atoms with Crippen LogP contribution in [0.5, 0.6) is 0 Å². The predicted molar refractivity (Wildman–Crippen MR) is 86.9 cm³/mol. The van der Waals surface area contributed by atoms with Gasteiger partial charge >= 0.3 is 0 Å². The molecule has 1 fully saturated rings. The highest BCUT2D eigenvalue weighted by Gasteiger charge is 2.26. The normalized spacial score (nSPS) is 19.8. The Morgan fingerprint density at radius 3 is 2.91 bits per heavy atom. The molecule has 6 nitrogen and oxygen atoms in total. The molecule has 0 saturated carbocycles. The van der Waals surface area contributed by atoms with Crippen molar-refractivity contribution in [2.45, 2.75) is 45.0 Å². The van der Waals surface area contributed by atoms with E-state index in [2.05, 4.69) is 0 Å². The van der Waals surface area contributed by atoms with Crippen molar-refractivity contribution in [1.29, 1.82) is 0 Å². The highest BCUT2D eigenvalue weighted by atomic mass is 16.7. The molecule has 23 heavy (non-hydrogen) atoms. The molecule has 124 valence electrons. The zero-order valence-electron chi connectivity index (χ0n) is 13.2. The molecule has 0 radical (unpaired) electrons. The predicted octanol–water partition coefficient (Wildman–Crippen LogP) is 3.11. The van der Waals surface area contributed by atoms with Gasteiger partial charge in [-0.05, 0) is 37.3 Å². The van der Waals surface area contributed by atoms with E-state index in [-0.39, 0.29) is 23.8 Å². The Balaban J connectivity index is 2.00. The molecule has 1 aliphatic heterocycles. The quantitative estimate of drug-likeness (QED) is 0.882. The number of carbonyl (C=O) groups is 1. The summed E-state index contributed by atoms with van der Waals surface area (Å²) in [5.74, 6) is -0.554. The average molecular weight is 318 g/mol. The third-order valence-corrected chi connectivity index (χ3v) is 4.19. The van der Waals surface area contributed by atoms with Crippen LogP contribution in [0, 0.1) is 0 Å². The number of benzene rings is 1. The molecular weight excluding hydrogens is 296 g/mol. The second-order valence-electron chi connectivity index (χ2n) is 5.76. The van der Waals surface area contributed by atoms with Crippen LogP contribution in [0.1, 0.15) is 54.6 Å². The van der Waals surface area contributed by atoms with Gasteiger partial charge in [0.05, 0.1) is 6.10 Å². The summed E-state index contributed by atoms with van der Waals surface area (Å²) in [5.41, 5.74) is 12.9. The van der Waals surface area contributed by atoms with Crippen molar-refractivity contribution in [2.75, 3.05) is 12.3 Å². The van der Waals surface area contributed by atoms with Crippen LogP contribution in [0.3, 0.4) is 0 Å². The summed E-state index contributed by atoms with van der Waals surface area (Å²) in [5, 5.41) is 0.639. The van der Waals surface area contributed by atoms with Crippen LogP contribution < -0.4 is 11.5 Å². The molecule has 1 aromatic heterocycles. The molecule has 0 bridgehead atoms. The molecule has 2 heterocycles. The number of hydrogen-bond acceptors (Lipinski definition) is 5. The Hall–Kier alpha value is -2.05. The number of primary amides is 1. The number of anilines is 1. The van der Waals surface area contributed by atoms with E-state index in [0.717, 1.165) is 37.9 Å². The van der Waals surface area contributed by atoms with Gasteiger partial charge in [-0.3, -0.25) is 4.79 Å². The second kappa shape index (κ2) is 6.60. The molecule has 0 spiro atoms. The van der Waals surface area contributed by atoms with E-state index >= 15 is 0 Å². The lowest BCUT2D eigenvalue weighted by molar-refractivity contribution is -0.190. The number of rotatable bonds is 5. The minimum absolute atomic E-state index is 0.0451. The van der Waals surface area contributed by atoms with Gasteiger partial charge in [0.2, 0.25) is 5.88 Å². The van der Waals surface area contributed by atoms with Gasteiger partial charge in [-0.1, -0.05) is 19.1 Å². The maximum absolute atomic E-state index is 11.8. The van der Waals surface area contributed by atoms with Crippen LogP contribution in [0.15, 0.2) is 22.6 Å². The third kappa shape index (κ3) is 3.04. The SMILES string of the molecule is CCC(OC1CCCCO1)c1cccc2oc(N)c(C(N)=O)c12. The van der Waals surface area contributed by atoms with Crippen molar-refractivity contribution in [2.24, 2.45) is 5.73 Å². The number of furan rings is 1. The van der Waals surface area contributed by atoms with Crippen molar-refractivity contribution >= 4 is 22.8 Å². The van der Waals surface area contributed by atoms with Gasteiger partial charge < -0.3 is 25.4 Å². The molecule has 1 saturated heterocycles. The average Bonchev–Trinajstić information content (AvgIpc) is 2.89. The zero-order valence-corrected chi connectivity index (χ0v) is 13.2. The fourth-order valence-corrected chi connectivity index (χ4v) is 3.10. The molecule has 2 atom stereocenters. The number of hydrogen-bond donors (Lipinski definition) is 2. The van der Waals surface area contributed by atoms with Crippen LogP contribution in [0.25, 0.3) is 11.0 Å². The number of ether oxygens (including phenoxy) is 2. The Morgan fingerprint density at radius 2 is 2.26 bits per heavy atom. The van der Waals surface area contributed by atoms with E-state index in [1.165, 1.54) is 0 Å². The van der Waals surface area contributed by atoms with E-state index in [1.807, 2.05) is 19.1 Å². The van der Waals surface area contributed by atoms with Gasteiger partial charge in [0.25, 0.3) is 5.91 Å².